The summed E-state index contributed by atoms with van der Waals surface area (Å²) >= 11 is 0. The van der Waals surface area contributed by atoms with E-state index in [1.165, 1.54) is 0 Å². The highest BCUT2D eigenvalue weighted by molar-refractivity contribution is 6.08. The maximum absolute atomic E-state index is 13.6. The minimum atomic E-state index is -0.0812. The minimum Gasteiger partial charge on any atom is -0.493 e. The Bertz CT molecular complexity index is 1220. The molecule has 1 fully saturated rings. The van der Waals surface area contributed by atoms with E-state index in [9.17, 15) is 9.59 Å². The summed E-state index contributed by atoms with van der Waals surface area (Å²) in [6.07, 6.45) is 2.56. The Kier molecular flexibility index (Phi) is 5.21. The topological polar surface area (TPSA) is 67.9 Å². The van der Waals surface area contributed by atoms with Gasteiger partial charge in [-0.2, -0.15) is 0 Å². The van der Waals surface area contributed by atoms with Crippen LogP contribution in [0.25, 0.3) is 10.8 Å². The van der Waals surface area contributed by atoms with Gasteiger partial charge in [-0.3, -0.25) is 9.59 Å². The van der Waals surface area contributed by atoms with Crippen molar-refractivity contribution < 1.29 is 19.1 Å². The van der Waals surface area contributed by atoms with Crippen LogP contribution < -0.4 is 14.8 Å². The van der Waals surface area contributed by atoms with Crippen LogP contribution in [0.4, 0.5) is 5.69 Å². The number of nitrogens with zero attached hydrogens (tertiary/aromatic N) is 1. The van der Waals surface area contributed by atoms with Gasteiger partial charge in [-0.05, 0) is 65.4 Å². The minimum absolute atomic E-state index is 0.00449. The van der Waals surface area contributed by atoms with Crippen LogP contribution in [-0.4, -0.2) is 37.5 Å². The molecule has 1 aliphatic heterocycles. The summed E-state index contributed by atoms with van der Waals surface area (Å²) in [5.41, 5.74) is 3.32. The molecule has 0 radical (unpaired) electrons. The molecule has 0 saturated heterocycles. The van der Waals surface area contributed by atoms with Gasteiger partial charge >= 0.3 is 0 Å². The summed E-state index contributed by atoms with van der Waals surface area (Å²) in [5, 5.41) is 4.99. The molecule has 2 aliphatic rings. The fourth-order valence-electron chi connectivity index (χ4n) is 4.33. The lowest BCUT2D eigenvalue weighted by molar-refractivity contribution is -0.117. The molecule has 0 atom stereocenters. The molecule has 0 unspecified atom stereocenters. The molecule has 1 heterocycles. The quantitative estimate of drug-likeness (QED) is 0.651. The van der Waals surface area contributed by atoms with E-state index in [2.05, 4.69) is 5.32 Å². The van der Waals surface area contributed by atoms with Crippen LogP contribution in [-0.2, 0) is 17.8 Å². The second-order valence-corrected chi connectivity index (χ2v) is 8.46. The first-order valence-electron chi connectivity index (χ1n) is 10.9. The molecular weight excluding hydrogens is 404 g/mol. The zero-order chi connectivity index (χ0) is 22.2. The highest BCUT2D eigenvalue weighted by Crippen LogP contribution is 2.35. The van der Waals surface area contributed by atoms with Gasteiger partial charge < -0.3 is 19.7 Å². The molecule has 6 heteroatoms. The molecule has 3 aromatic carbocycles. The summed E-state index contributed by atoms with van der Waals surface area (Å²) < 4.78 is 10.9. The van der Waals surface area contributed by atoms with Crippen LogP contribution >= 0.6 is 0 Å². The molecule has 2 amide bonds. The molecule has 1 aliphatic carbocycles. The number of amides is 2. The number of nitrogens with one attached hydrogen (secondary N) is 1. The standard InChI is InChI=1S/C26H26N2O4/c1-31-23-13-19-9-10-28(15-20(19)14-24(23)32-2)26(30)21-11-17-5-3-4-6-18(17)12-22(21)27-25(29)16-7-8-16/h3-6,11-14,16H,7-10,15H2,1-2H3,(H,27,29). The average molecular weight is 431 g/mol. The number of hydrogen-bond acceptors (Lipinski definition) is 4. The smallest absolute Gasteiger partial charge is 0.256 e. The van der Waals surface area contributed by atoms with Gasteiger partial charge in [0.15, 0.2) is 11.5 Å². The Balaban J connectivity index is 1.48. The van der Waals surface area contributed by atoms with Gasteiger partial charge in [0.1, 0.15) is 0 Å². The van der Waals surface area contributed by atoms with Crippen molar-refractivity contribution in [2.45, 2.75) is 25.8 Å². The summed E-state index contributed by atoms with van der Waals surface area (Å²) in [7, 11) is 3.24. The fraction of sp³-hybridized carbons (Fsp3) is 0.308. The predicted molar refractivity (Wildman–Crippen MR) is 123 cm³/mol. The van der Waals surface area contributed by atoms with Crippen molar-refractivity contribution in [3.05, 3.63) is 65.2 Å². The van der Waals surface area contributed by atoms with Crippen LogP contribution in [0.1, 0.15) is 34.3 Å². The monoisotopic (exact) mass is 430 g/mol. The highest BCUT2D eigenvalue weighted by Gasteiger charge is 2.31. The lowest BCUT2D eigenvalue weighted by Crippen LogP contribution is -2.36. The third kappa shape index (κ3) is 3.77. The van der Waals surface area contributed by atoms with E-state index < -0.39 is 0 Å². The Morgan fingerprint density at radius 3 is 2.25 bits per heavy atom. The molecule has 1 N–H and O–H groups in total. The molecule has 0 aromatic heterocycles. The zero-order valence-electron chi connectivity index (χ0n) is 18.3. The maximum Gasteiger partial charge on any atom is 0.256 e. The molecular formula is C26H26N2O4. The highest BCUT2D eigenvalue weighted by atomic mass is 16.5. The van der Waals surface area contributed by atoms with Crippen LogP contribution in [0.3, 0.4) is 0 Å². The number of anilines is 1. The molecule has 164 valence electrons. The van der Waals surface area contributed by atoms with Gasteiger partial charge in [0, 0.05) is 19.0 Å². The van der Waals surface area contributed by atoms with Crippen LogP contribution in [0.5, 0.6) is 11.5 Å². The van der Waals surface area contributed by atoms with Gasteiger partial charge in [0.2, 0.25) is 5.91 Å². The molecule has 6 nitrogen and oxygen atoms in total. The average Bonchev–Trinajstić information content (AvgIpc) is 3.67. The number of ether oxygens (including phenoxy) is 2. The number of hydrogen-bond donors (Lipinski definition) is 1. The van der Waals surface area contributed by atoms with Crippen LogP contribution in [0.15, 0.2) is 48.5 Å². The first-order valence-corrected chi connectivity index (χ1v) is 10.9. The molecule has 0 bridgehead atoms. The van der Waals surface area contributed by atoms with Crippen molar-refractivity contribution in [2.75, 3.05) is 26.1 Å². The summed E-state index contributed by atoms with van der Waals surface area (Å²) in [5.74, 6) is 1.33. The third-order valence-corrected chi connectivity index (χ3v) is 6.33. The maximum atomic E-state index is 13.6. The summed E-state index contributed by atoms with van der Waals surface area (Å²) in [6, 6.07) is 15.6. The largest absolute Gasteiger partial charge is 0.493 e. The van der Waals surface area contributed by atoms with E-state index in [0.29, 0.717) is 35.8 Å². The molecule has 5 rings (SSSR count). The van der Waals surface area contributed by atoms with Gasteiger partial charge in [0.05, 0.1) is 25.5 Å². The van der Waals surface area contributed by atoms with Crippen LogP contribution in [0, 0.1) is 5.92 Å². The van der Waals surface area contributed by atoms with Crippen molar-refractivity contribution >= 4 is 28.3 Å². The van der Waals surface area contributed by atoms with Crippen molar-refractivity contribution in [1.82, 2.24) is 4.90 Å². The number of methoxy groups -OCH3 is 2. The van der Waals surface area contributed by atoms with E-state index in [0.717, 1.165) is 41.2 Å². The van der Waals surface area contributed by atoms with Crippen molar-refractivity contribution in [3.63, 3.8) is 0 Å². The van der Waals surface area contributed by atoms with Gasteiger partial charge in [-0.15, -0.1) is 0 Å². The Morgan fingerprint density at radius 1 is 0.938 bits per heavy atom. The molecule has 3 aromatic rings. The van der Waals surface area contributed by atoms with Gasteiger partial charge in [0.25, 0.3) is 5.91 Å². The number of carbonyl (C=O) groups is 2. The second kappa shape index (κ2) is 8.19. The Labute approximate surface area is 187 Å². The van der Waals surface area contributed by atoms with E-state index in [1.54, 1.807) is 14.2 Å². The summed E-state index contributed by atoms with van der Waals surface area (Å²) in [4.78, 5) is 28.0. The van der Waals surface area contributed by atoms with Crippen LogP contribution in [0.2, 0.25) is 0 Å². The Hall–Kier alpha value is -3.54. The lowest BCUT2D eigenvalue weighted by atomic mass is 9.97. The van der Waals surface area contributed by atoms with Crippen molar-refractivity contribution in [3.8, 4) is 11.5 Å². The summed E-state index contributed by atoms with van der Waals surface area (Å²) in [6.45, 7) is 1.08. The van der Waals surface area contributed by atoms with Gasteiger partial charge in [-0.1, -0.05) is 24.3 Å². The first kappa shape index (κ1) is 20.4. The SMILES string of the molecule is COc1cc2c(cc1OC)CN(C(=O)c1cc3ccccc3cc1NC(=O)C1CC1)CC2. The number of carbonyl (C=O) groups excluding carboxylic acids is 2. The predicted octanol–water partition coefficient (Wildman–Crippen LogP) is 4.40. The van der Waals surface area contributed by atoms with E-state index >= 15 is 0 Å². The number of fused-ring (bicyclic) bond motifs is 2. The number of rotatable bonds is 5. The third-order valence-electron chi connectivity index (χ3n) is 6.33. The van der Waals surface area contributed by atoms with E-state index in [4.69, 9.17) is 9.47 Å². The van der Waals surface area contributed by atoms with E-state index in [-0.39, 0.29) is 17.7 Å². The van der Waals surface area contributed by atoms with Crippen molar-refractivity contribution in [1.29, 1.82) is 0 Å². The van der Waals surface area contributed by atoms with Gasteiger partial charge in [-0.25, -0.2) is 0 Å². The normalized spacial score (nSPS) is 15.2. The second-order valence-electron chi connectivity index (χ2n) is 8.46. The molecule has 32 heavy (non-hydrogen) atoms. The van der Waals surface area contributed by atoms with E-state index in [1.807, 2.05) is 53.4 Å². The number of benzene rings is 3. The molecule has 1 saturated carbocycles. The fourth-order valence-corrected chi connectivity index (χ4v) is 4.33. The Morgan fingerprint density at radius 2 is 1.59 bits per heavy atom. The lowest BCUT2D eigenvalue weighted by Gasteiger charge is -2.30. The zero-order valence-corrected chi connectivity index (χ0v) is 18.3. The van der Waals surface area contributed by atoms with Crippen molar-refractivity contribution in [2.24, 2.45) is 5.92 Å². The molecule has 0 spiro atoms. The first-order chi connectivity index (χ1) is 15.6.